The van der Waals surface area contributed by atoms with Gasteiger partial charge in [0.2, 0.25) is 0 Å². The molecule has 0 aromatic heterocycles. The van der Waals surface area contributed by atoms with E-state index in [1.165, 1.54) is 0 Å². The van der Waals surface area contributed by atoms with Crippen LogP contribution in [0.1, 0.15) is 20.8 Å². The SMILES string of the molecule is CC(C)(C)C1CNCCN1CCF. The predicted molar refractivity (Wildman–Crippen MR) is 53.7 cm³/mol. The Bertz CT molecular complexity index is 151. The molecule has 0 amide bonds. The van der Waals surface area contributed by atoms with Crippen LogP contribution in [-0.2, 0) is 0 Å². The number of alkyl halides is 1. The van der Waals surface area contributed by atoms with Crippen molar-refractivity contribution in [1.82, 2.24) is 10.2 Å². The zero-order valence-corrected chi connectivity index (χ0v) is 8.94. The van der Waals surface area contributed by atoms with Gasteiger partial charge < -0.3 is 5.32 Å². The van der Waals surface area contributed by atoms with Crippen molar-refractivity contribution in [2.75, 3.05) is 32.9 Å². The highest BCUT2D eigenvalue weighted by Gasteiger charge is 2.31. The maximum Gasteiger partial charge on any atom is 0.102 e. The zero-order chi connectivity index (χ0) is 9.90. The van der Waals surface area contributed by atoms with E-state index in [1.54, 1.807) is 0 Å². The first-order valence-corrected chi connectivity index (χ1v) is 5.06. The number of hydrogen-bond donors (Lipinski definition) is 1. The lowest BCUT2D eigenvalue weighted by atomic mass is 9.84. The van der Waals surface area contributed by atoms with Crippen LogP contribution in [0.25, 0.3) is 0 Å². The lowest BCUT2D eigenvalue weighted by molar-refractivity contribution is 0.0701. The van der Waals surface area contributed by atoms with E-state index in [2.05, 4.69) is 31.0 Å². The second-order valence-electron chi connectivity index (χ2n) is 4.81. The van der Waals surface area contributed by atoms with Crippen molar-refractivity contribution in [3.63, 3.8) is 0 Å². The minimum absolute atomic E-state index is 0.230. The minimum Gasteiger partial charge on any atom is -0.314 e. The maximum absolute atomic E-state index is 12.3. The first-order valence-electron chi connectivity index (χ1n) is 5.06. The van der Waals surface area contributed by atoms with Crippen molar-refractivity contribution in [3.05, 3.63) is 0 Å². The molecule has 1 atom stereocenters. The molecule has 1 aliphatic rings. The van der Waals surface area contributed by atoms with Gasteiger partial charge in [0.15, 0.2) is 0 Å². The summed E-state index contributed by atoms with van der Waals surface area (Å²) in [4.78, 5) is 2.26. The van der Waals surface area contributed by atoms with Crippen LogP contribution < -0.4 is 5.32 Å². The summed E-state index contributed by atoms with van der Waals surface area (Å²) in [5, 5.41) is 3.37. The van der Waals surface area contributed by atoms with Crippen molar-refractivity contribution in [3.8, 4) is 0 Å². The van der Waals surface area contributed by atoms with E-state index in [1.807, 2.05) is 0 Å². The van der Waals surface area contributed by atoms with Crippen molar-refractivity contribution in [2.24, 2.45) is 5.41 Å². The van der Waals surface area contributed by atoms with Crippen LogP contribution in [0.5, 0.6) is 0 Å². The topological polar surface area (TPSA) is 15.3 Å². The van der Waals surface area contributed by atoms with Gasteiger partial charge in [0.1, 0.15) is 6.67 Å². The Morgan fingerprint density at radius 3 is 2.69 bits per heavy atom. The van der Waals surface area contributed by atoms with E-state index in [9.17, 15) is 4.39 Å². The first kappa shape index (κ1) is 10.9. The third-order valence-corrected chi connectivity index (χ3v) is 2.73. The smallest absolute Gasteiger partial charge is 0.102 e. The summed E-state index contributed by atoms with van der Waals surface area (Å²) in [6, 6.07) is 0.469. The monoisotopic (exact) mass is 188 g/mol. The van der Waals surface area contributed by atoms with Crippen LogP contribution in [0, 0.1) is 5.41 Å². The Labute approximate surface area is 80.5 Å². The molecule has 3 heteroatoms. The molecular weight excluding hydrogens is 167 g/mol. The van der Waals surface area contributed by atoms with Crippen LogP contribution in [0.2, 0.25) is 0 Å². The summed E-state index contributed by atoms with van der Waals surface area (Å²) in [5.74, 6) is 0. The molecule has 1 fully saturated rings. The number of piperazine rings is 1. The van der Waals surface area contributed by atoms with E-state index in [4.69, 9.17) is 0 Å². The van der Waals surface area contributed by atoms with Gasteiger partial charge in [-0.25, -0.2) is 4.39 Å². The van der Waals surface area contributed by atoms with E-state index in [0.717, 1.165) is 19.6 Å². The van der Waals surface area contributed by atoms with Gasteiger partial charge in [-0.3, -0.25) is 4.90 Å². The number of nitrogens with one attached hydrogen (secondary N) is 1. The highest BCUT2D eigenvalue weighted by Crippen LogP contribution is 2.24. The van der Waals surface area contributed by atoms with Crippen molar-refractivity contribution in [1.29, 1.82) is 0 Å². The van der Waals surface area contributed by atoms with Crippen molar-refractivity contribution < 1.29 is 4.39 Å². The highest BCUT2D eigenvalue weighted by atomic mass is 19.1. The Kier molecular flexibility index (Phi) is 3.68. The largest absolute Gasteiger partial charge is 0.314 e. The third kappa shape index (κ3) is 2.92. The second-order valence-corrected chi connectivity index (χ2v) is 4.81. The summed E-state index contributed by atoms with van der Waals surface area (Å²) < 4.78 is 12.3. The van der Waals surface area contributed by atoms with E-state index < -0.39 is 0 Å². The van der Waals surface area contributed by atoms with Gasteiger partial charge in [-0.1, -0.05) is 20.8 Å². The van der Waals surface area contributed by atoms with Gasteiger partial charge in [-0.2, -0.15) is 0 Å². The highest BCUT2D eigenvalue weighted by molar-refractivity contribution is 4.88. The van der Waals surface area contributed by atoms with Gasteiger partial charge in [0, 0.05) is 32.2 Å². The quantitative estimate of drug-likeness (QED) is 0.702. The summed E-state index contributed by atoms with van der Waals surface area (Å²) >= 11 is 0. The molecule has 0 aromatic carbocycles. The minimum atomic E-state index is -0.230. The molecule has 78 valence electrons. The Balaban J connectivity index is 2.56. The molecule has 0 aliphatic carbocycles. The second kappa shape index (κ2) is 4.38. The van der Waals surface area contributed by atoms with Crippen LogP contribution >= 0.6 is 0 Å². The summed E-state index contributed by atoms with van der Waals surface area (Å²) in [6.07, 6.45) is 0. The van der Waals surface area contributed by atoms with Gasteiger partial charge in [0.25, 0.3) is 0 Å². The molecule has 0 saturated carbocycles. The fraction of sp³-hybridized carbons (Fsp3) is 1.00. The molecule has 0 bridgehead atoms. The number of rotatable bonds is 2. The number of hydrogen-bond acceptors (Lipinski definition) is 2. The zero-order valence-electron chi connectivity index (χ0n) is 8.94. The Hall–Kier alpha value is -0.150. The lowest BCUT2D eigenvalue weighted by Crippen LogP contribution is -2.56. The molecule has 1 N–H and O–H groups in total. The van der Waals surface area contributed by atoms with Crippen molar-refractivity contribution >= 4 is 0 Å². The Morgan fingerprint density at radius 2 is 2.15 bits per heavy atom. The van der Waals surface area contributed by atoms with E-state index >= 15 is 0 Å². The van der Waals surface area contributed by atoms with Crippen LogP contribution in [0.4, 0.5) is 4.39 Å². The van der Waals surface area contributed by atoms with Gasteiger partial charge in [-0.15, -0.1) is 0 Å². The lowest BCUT2D eigenvalue weighted by Gasteiger charge is -2.43. The normalized spacial score (nSPS) is 26.3. The fourth-order valence-electron chi connectivity index (χ4n) is 1.98. The average molecular weight is 188 g/mol. The number of halogens is 1. The molecule has 1 saturated heterocycles. The van der Waals surface area contributed by atoms with Gasteiger partial charge >= 0.3 is 0 Å². The summed E-state index contributed by atoms with van der Waals surface area (Å²) in [7, 11) is 0. The van der Waals surface area contributed by atoms with Crippen molar-refractivity contribution in [2.45, 2.75) is 26.8 Å². The average Bonchev–Trinajstić information content (AvgIpc) is 2.04. The number of nitrogens with zero attached hydrogens (tertiary/aromatic N) is 1. The van der Waals surface area contributed by atoms with Gasteiger partial charge in [0.05, 0.1) is 0 Å². The molecule has 0 aromatic rings. The molecular formula is C10H21FN2. The van der Waals surface area contributed by atoms with E-state index in [-0.39, 0.29) is 12.1 Å². The summed E-state index contributed by atoms with van der Waals surface area (Å²) in [5.41, 5.74) is 0.239. The molecule has 1 unspecified atom stereocenters. The van der Waals surface area contributed by atoms with E-state index in [0.29, 0.717) is 12.6 Å². The Morgan fingerprint density at radius 1 is 1.46 bits per heavy atom. The molecule has 0 spiro atoms. The molecule has 13 heavy (non-hydrogen) atoms. The predicted octanol–water partition coefficient (Wildman–Crippen LogP) is 1.28. The van der Waals surface area contributed by atoms with Gasteiger partial charge in [-0.05, 0) is 5.41 Å². The molecule has 1 rings (SSSR count). The first-order chi connectivity index (χ1) is 6.05. The molecule has 2 nitrogen and oxygen atoms in total. The van der Waals surface area contributed by atoms with Crippen LogP contribution in [-0.4, -0.2) is 43.8 Å². The fourth-order valence-corrected chi connectivity index (χ4v) is 1.98. The maximum atomic E-state index is 12.3. The third-order valence-electron chi connectivity index (χ3n) is 2.73. The molecule has 0 radical (unpaired) electrons. The van der Waals surface area contributed by atoms with Crippen LogP contribution in [0.3, 0.4) is 0 Å². The van der Waals surface area contributed by atoms with Crippen LogP contribution in [0.15, 0.2) is 0 Å². The standard InChI is InChI=1S/C10H21FN2/c1-10(2,3)9-8-12-5-7-13(9)6-4-11/h9,12H,4-8H2,1-3H3. The molecule has 1 heterocycles. The molecule has 1 aliphatic heterocycles. The summed E-state index contributed by atoms with van der Waals surface area (Å²) in [6.45, 7) is 9.97.